The van der Waals surface area contributed by atoms with Gasteiger partial charge in [0.1, 0.15) is 0 Å². The van der Waals surface area contributed by atoms with Gasteiger partial charge in [-0.3, -0.25) is 4.90 Å². The van der Waals surface area contributed by atoms with E-state index in [4.69, 9.17) is 4.74 Å². The van der Waals surface area contributed by atoms with Gasteiger partial charge in [0.2, 0.25) is 0 Å². The zero-order chi connectivity index (χ0) is 14.2. The lowest BCUT2D eigenvalue weighted by atomic mass is 10.1. The van der Waals surface area contributed by atoms with Gasteiger partial charge >= 0.3 is 0 Å². The topological polar surface area (TPSA) is 24.5 Å². The number of nitrogens with zero attached hydrogens (tertiary/aromatic N) is 1. The maximum atomic E-state index is 5.50. The third kappa shape index (κ3) is 4.89. The Kier molecular flexibility index (Phi) is 6.51. The SMILES string of the molecule is CCCNCc1cccc(CN2CCCC(OC)C2)c1. The number of piperidine rings is 1. The highest BCUT2D eigenvalue weighted by Gasteiger charge is 2.19. The molecule has 0 aliphatic carbocycles. The molecule has 1 unspecified atom stereocenters. The first kappa shape index (κ1) is 15.5. The Balaban J connectivity index is 1.87. The maximum absolute atomic E-state index is 5.50. The molecule has 1 N–H and O–H groups in total. The summed E-state index contributed by atoms with van der Waals surface area (Å²) in [6.07, 6.45) is 4.05. The fraction of sp³-hybridized carbons (Fsp3) is 0.647. The number of nitrogens with one attached hydrogen (secondary N) is 1. The second kappa shape index (κ2) is 8.40. The van der Waals surface area contributed by atoms with Crippen LogP contribution in [0.4, 0.5) is 0 Å². The summed E-state index contributed by atoms with van der Waals surface area (Å²) in [6, 6.07) is 8.95. The summed E-state index contributed by atoms with van der Waals surface area (Å²) in [4.78, 5) is 2.51. The molecule has 0 spiro atoms. The standard InChI is InChI=1S/C17H28N2O/c1-3-9-18-12-15-6-4-7-16(11-15)13-19-10-5-8-17(14-19)20-2/h4,6-7,11,17-18H,3,5,8-10,12-14H2,1-2H3. The van der Waals surface area contributed by atoms with Crippen molar-refractivity contribution >= 4 is 0 Å². The highest BCUT2D eigenvalue weighted by Crippen LogP contribution is 2.16. The van der Waals surface area contributed by atoms with Crippen molar-refractivity contribution in [2.45, 2.75) is 45.4 Å². The molecule has 3 nitrogen and oxygen atoms in total. The van der Waals surface area contributed by atoms with Gasteiger partial charge in [-0.1, -0.05) is 31.2 Å². The minimum Gasteiger partial charge on any atom is -0.380 e. The molecule has 0 bridgehead atoms. The molecule has 1 aliphatic heterocycles. The summed E-state index contributed by atoms with van der Waals surface area (Å²) in [5, 5.41) is 3.46. The largest absolute Gasteiger partial charge is 0.380 e. The van der Waals surface area contributed by atoms with Crippen LogP contribution in [0.15, 0.2) is 24.3 Å². The zero-order valence-electron chi connectivity index (χ0n) is 12.9. The number of ether oxygens (including phenoxy) is 1. The number of rotatable bonds is 7. The molecule has 0 aromatic heterocycles. The third-order valence-corrected chi connectivity index (χ3v) is 3.95. The van der Waals surface area contributed by atoms with E-state index < -0.39 is 0 Å². The van der Waals surface area contributed by atoms with Crippen LogP contribution in [0.1, 0.15) is 37.3 Å². The number of hydrogen-bond donors (Lipinski definition) is 1. The van der Waals surface area contributed by atoms with Crippen LogP contribution in [0.2, 0.25) is 0 Å². The molecule has 2 rings (SSSR count). The van der Waals surface area contributed by atoms with E-state index >= 15 is 0 Å². The van der Waals surface area contributed by atoms with Crippen molar-refractivity contribution in [3.8, 4) is 0 Å². The predicted octanol–water partition coefficient (Wildman–Crippen LogP) is 2.80. The normalized spacial score (nSPS) is 20.2. The van der Waals surface area contributed by atoms with Gasteiger partial charge < -0.3 is 10.1 Å². The Bertz CT molecular complexity index is 394. The van der Waals surface area contributed by atoms with Crippen molar-refractivity contribution in [3.05, 3.63) is 35.4 Å². The Labute approximate surface area is 123 Å². The summed E-state index contributed by atoms with van der Waals surface area (Å²) in [5.74, 6) is 0. The predicted molar refractivity (Wildman–Crippen MR) is 83.7 cm³/mol. The maximum Gasteiger partial charge on any atom is 0.0698 e. The quantitative estimate of drug-likeness (QED) is 0.775. The van der Waals surface area contributed by atoms with Crippen LogP contribution < -0.4 is 5.32 Å². The smallest absolute Gasteiger partial charge is 0.0698 e. The summed E-state index contributed by atoms with van der Waals surface area (Å²) >= 11 is 0. The van der Waals surface area contributed by atoms with E-state index in [1.807, 2.05) is 7.11 Å². The molecule has 1 aromatic rings. The van der Waals surface area contributed by atoms with Crippen molar-refractivity contribution in [2.24, 2.45) is 0 Å². The lowest BCUT2D eigenvalue weighted by Crippen LogP contribution is -2.38. The van der Waals surface area contributed by atoms with E-state index in [0.717, 1.165) is 26.2 Å². The Morgan fingerprint density at radius 1 is 1.35 bits per heavy atom. The average molecular weight is 276 g/mol. The highest BCUT2D eigenvalue weighted by atomic mass is 16.5. The van der Waals surface area contributed by atoms with Gasteiger partial charge in [-0.2, -0.15) is 0 Å². The van der Waals surface area contributed by atoms with Gasteiger partial charge in [0.25, 0.3) is 0 Å². The van der Waals surface area contributed by atoms with Crippen molar-refractivity contribution in [2.75, 3.05) is 26.7 Å². The lowest BCUT2D eigenvalue weighted by molar-refractivity contribution is 0.0285. The minimum atomic E-state index is 0.415. The molecule has 1 heterocycles. The van der Waals surface area contributed by atoms with Crippen molar-refractivity contribution < 1.29 is 4.74 Å². The molecule has 0 saturated carbocycles. The molecule has 1 aliphatic rings. The average Bonchev–Trinajstić information content (AvgIpc) is 2.48. The van der Waals surface area contributed by atoms with E-state index in [-0.39, 0.29) is 0 Å². The second-order valence-electron chi connectivity index (χ2n) is 5.73. The van der Waals surface area contributed by atoms with Crippen LogP contribution in [0.5, 0.6) is 0 Å². The van der Waals surface area contributed by atoms with E-state index in [2.05, 4.69) is 41.4 Å². The Morgan fingerprint density at radius 2 is 2.20 bits per heavy atom. The van der Waals surface area contributed by atoms with Crippen LogP contribution in [0, 0.1) is 0 Å². The highest BCUT2D eigenvalue weighted by molar-refractivity contribution is 5.23. The summed E-state index contributed by atoms with van der Waals surface area (Å²) in [7, 11) is 1.83. The molecular formula is C17H28N2O. The van der Waals surface area contributed by atoms with Gasteiger partial charge in [-0.25, -0.2) is 0 Å². The molecule has 1 atom stereocenters. The molecule has 0 radical (unpaired) electrons. The summed E-state index contributed by atoms with van der Waals surface area (Å²) < 4.78 is 5.50. The van der Waals surface area contributed by atoms with E-state index in [0.29, 0.717) is 6.10 Å². The van der Waals surface area contributed by atoms with Gasteiger partial charge in [-0.15, -0.1) is 0 Å². The molecule has 20 heavy (non-hydrogen) atoms. The first-order chi connectivity index (χ1) is 9.81. The third-order valence-electron chi connectivity index (χ3n) is 3.95. The first-order valence-electron chi connectivity index (χ1n) is 7.85. The number of benzene rings is 1. The monoisotopic (exact) mass is 276 g/mol. The van der Waals surface area contributed by atoms with E-state index in [1.165, 1.54) is 36.9 Å². The van der Waals surface area contributed by atoms with Crippen LogP contribution >= 0.6 is 0 Å². The van der Waals surface area contributed by atoms with E-state index in [9.17, 15) is 0 Å². The zero-order valence-corrected chi connectivity index (χ0v) is 12.9. The van der Waals surface area contributed by atoms with Crippen LogP contribution in [0.25, 0.3) is 0 Å². The van der Waals surface area contributed by atoms with Crippen LogP contribution in [-0.4, -0.2) is 37.7 Å². The van der Waals surface area contributed by atoms with Gasteiger partial charge in [0.05, 0.1) is 6.10 Å². The number of likely N-dealkylation sites (tertiary alicyclic amines) is 1. The summed E-state index contributed by atoms with van der Waals surface area (Å²) in [6.45, 7) is 7.56. The second-order valence-corrected chi connectivity index (χ2v) is 5.73. The molecule has 1 saturated heterocycles. The van der Waals surface area contributed by atoms with Gasteiger partial charge in [0.15, 0.2) is 0 Å². The van der Waals surface area contributed by atoms with Crippen LogP contribution in [0.3, 0.4) is 0 Å². The molecular weight excluding hydrogens is 248 g/mol. The number of hydrogen-bond acceptors (Lipinski definition) is 3. The molecule has 3 heteroatoms. The van der Waals surface area contributed by atoms with Gasteiger partial charge in [-0.05, 0) is 43.5 Å². The Morgan fingerprint density at radius 3 is 3.00 bits per heavy atom. The van der Waals surface area contributed by atoms with Gasteiger partial charge in [0, 0.05) is 26.7 Å². The van der Waals surface area contributed by atoms with Crippen LogP contribution in [-0.2, 0) is 17.8 Å². The first-order valence-corrected chi connectivity index (χ1v) is 7.85. The molecule has 0 amide bonds. The lowest BCUT2D eigenvalue weighted by Gasteiger charge is -2.31. The molecule has 1 fully saturated rings. The van der Waals surface area contributed by atoms with E-state index in [1.54, 1.807) is 0 Å². The minimum absolute atomic E-state index is 0.415. The fourth-order valence-corrected chi connectivity index (χ4v) is 2.85. The van der Waals surface area contributed by atoms with Crippen molar-refractivity contribution in [3.63, 3.8) is 0 Å². The molecule has 1 aromatic carbocycles. The van der Waals surface area contributed by atoms with Crippen molar-refractivity contribution in [1.29, 1.82) is 0 Å². The summed E-state index contributed by atoms with van der Waals surface area (Å²) in [5.41, 5.74) is 2.80. The Hall–Kier alpha value is -0.900. The number of methoxy groups -OCH3 is 1. The fourth-order valence-electron chi connectivity index (χ4n) is 2.85. The van der Waals surface area contributed by atoms with Crippen molar-refractivity contribution in [1.82, 2.24) is 10.2 Å². The molecule has 112 valence electrons.